The Hall–Kier alpha value is -2.31. The van der Waals surface area contributed by atoms with Crippen LogP contribution in [0.2, 0.25) is 0 Å². The van der Waals surface area contributed by atoms with Crippen LogP contribution in [0.1, 0.15) is 22.8 Å². The molecule has 0 fully saturated rings. The van der Waals surface area contributed by atoms with E-state index in [1.54, 1.807) is 25.6 Å². The van der Waals surface area contributed by atoms with Gasteiger partial charge in [-0.05, 0) is 35.9 Å². The molecule has 0 aliphatic carbocycles. The molecule has 1 atom stereocenters. The van der Waals surface area contributed by atoms with Gasteiger partial charge in [0.2, 0.25) is 5.91 Å². The van der Waals surface area contributed by atoms with Gasteiger partial charge >= 0.3 is 0 Å². The minimum absolute atomic E-state index is 0.0164. The van der Waals surface area contributed by atoms with E-state index in [4.69, 9.17) is 9.47 Å². The van der Waals surface area contributed by atoms with Crippen LogP contribution < -0.4 is 14.8 Å². The molecule has 27 heavy (non-hydrogen) atoms. The number of nitrogens with one attached hydrogen (secondary N) is 1. The Labute approximate surface area is 170 Å². The molecule has 2 heterocycles. The highest BCUT2D eigenvalue weighted by Gasteiger charge is 2.32. The molecule has 6 heteroatoms. The Morgan fingerprint density at radius 2 is 1.89 bits per heavy atom. The summed E-state index contributed by atoms with van der Waals surface area (Å²) >= 11 is 5.21. The van der Waals surface area contributed by atoms with E-state index in [9.17, 15) is 4.79 Å². The standard InChI is InChI=1S/C21H18BrNO3S/c1-25-14-6-3-12(4-7-14)17-11-27-21-16(10-19(24)23-20(17)21)15-9-13(22)5-8-18(15)26-2/h3-9,11,16H,10H2,1-2H3,(H,23,24). The summed E-state index contributed by atoms with van der Waals surface area (Å²) in [5.41, 5.74) is 4.00. The van der Waals surface area contributed by atoms with Crippen LogP contribution in [0.5, 0.6) is 11.5 Å². The summed E-state index contributed by atoms with van der Waals surface area (Å²) in [5.74, 6) is 1.59. The molecule has 0 spiro atoms. The minimum Gasteiger partial charge on any atom is -0.497 e. The second-order valence-corrected chi connectivity index (χ2v) is 8.14. The van der Waals surface area contributed by atoms with Crippen molar-refractivity contribution in [3.63, 3.8) is 0 Å². The van der Waals surface area contributed by atoms with Crippen molar-refractivity contribution >= 4 is 38.9 Å². The zero-order chi connectivity index (χ0) is 19.0. The second-order valence-electron chi connectivity index (χ2n) is 6.31. The molecule has 0 saturated heterocycles. The van der Waals surface area contributed by atoms with E-state index in [1.165, 1.54) is 0 Å². The van der Waals surface area contributed by atoms with E-state index in [0.29, 0.717) is 6.42 Å². The number of ether oxygens (including phenoxy) is 2. The van der Waals surface area contributed by atoms with E-state index in [0.717, 1.165) is 43.2 Å². The van der Waals surface area contributed by atoms with Crippen molar-refractivity contribution in [1.82, 2.24) is 0 Å². The Balaban J connectivity index is 1.81. The molecule has 1 aliphatic rings. The number of hydrogen-bond donors (Lipinski definition) is 1. The number of hydrogen-bond acceptors (Lipinski definition) is 4. The first-order chi connectivity index (χ1) is 13.1. The number of anilines is 1. The maximum atomic E-state index is 12.5. The highest BCUT2D eigenvalue weighted by Crippen LogP contribution is 2.48. The highest BCUT2D eigenvalue weighted by atomic mass is 79.9. The zero-order valence-electron chi connectivity index (χ0n) is 14.9. The smallest absolute Gasteiger partial charge is 0.225 e. The van der Waals surface area contributed by atoms with Gasteiger partial charge in [0.1, 0.15) is 11.5 Å². The first-order valence-electron chi connectivity index (χ1n) is 8.49. The summed E-state index contributed by atoms with van der Waals surface area (Å²) in [7, 11) is 3.31. The molecular weight excluding hydrogens is 426 g/mol. The molecule has 138 valence electrons. The van der Waals surface area contributed by atoms with Crippen molar-refractivity contribution in [3.8, 4) is 22.6 Å². The summed E-state index contributed by atoms with van der Waals surface area (Å²) in [4.78, 5) is 13.6. The van der Waals surface area contributed by atoms with Crippen LogP contribution in [0.4, 0.5) is 5.69 Å². The third kappa shape index (κ3) is 3.35. The number of fused-ring (bicyclic) bond motifs is 1. The molecule has 4 nitrogen and oxygen atoms in total. The van der Waals surface area contributed by atoms with E-state index in [2.05, 4.69) is 26.6 Å². The Morgan fingerprint density at radius 1 is 1.11 bits per heavy atom. The van der Waals surface area contributed by atoms with Gasteiger partial charge in [-0.15, -0.1) is 11.3 Å². The van der Waals surface area contributed by atoms with Gasteiger partial charge in [-0.2, -0.15) is 0 Å². The van der Waals surface area contributed by atoms with Gasteiger partial charge in [0.15, 0.2) is 0 Å². The normalized spacial score (nSPS) is 15.8. The number of halogens is 1. The molecule has 1 unspecified atom stereocenters. The Kier molecular flexibility index (Phi) is 4.93. The molecule has 0 saturated carbocycles. The Morgan fingerprint density at radius 3 is 2.59 bits per heavy atom. The fourth-order valence-electron chi connectivity index (χ4n) is 3.44. The number of benzene rings is 2. The van der Waals surface area contributed by atoms with Crippen LogP contribution >= 0.6 is 27.3 Å². The van der Waals surface area contributed by atoms with Crippen molar-refractivity contribution in [1.29, 1.82) is 0 Å². The average molecular weight is 444 g/mol. The highest BCUT2D eigenvalue weighted by molar-refractivity contribution is 9.10. The number of thiophene rings is 1. The van der Waals surface area contributed by atoms with Crippen LogP contribution in [0.25, 0.3) is 11.1 Å². The number of carbonyl (C=O) groups is 1. The number of carbonyl (C=O) groups excluding carboxylic acids is 1. The van der Waals surface area contributed by atoms with Crippen LogP contribution in [0.3, 0.4) is 0 Å². The number of methoxy groups -OCH3 is 2. The van der Waals surface area contributed by atoms with Gasteiger partial charge in [0.05, 0.1) is 19.9 Å². The van der Waals surface area contributed by atoms with Crippen molar-refractivity contribution in [2.24, 2.45) is 0 Å². The lowest BCUT2D eigenvalue weighted by molar-refractivity contribution is -0.116. The molecule has 1 aliphatic heterocycles. The summed E-state index contributed by atoms with van der Waals surface area (Å²) in [6.45, 7) is 0. The number of rotatable bonds is 4. The van der Waals surface area contributed by atoms with Gasteiger partial charge in [0, 0.05) is 38.2 Å². The average Bonchev–Trinajstić information content (AvgIpc) is 3.11. The molecule has 1 N–H and O–H groups in total. The molecule has 4 rings (SSSR count). The predicted octanol–water partition coefficient (Wildman–Crippen LogP) is 5.67. The van der Waals surface area contributed by atoms with E-state index in [1.807, 2.05) is 42.5 Å². The van der Waals surface area contributed by atoms with Crippen molar-refractivity contribution in [2.45, 2.75) is 12.3 Å². The summed E-state index contributed by atoms with van der Waals surface area (Å²) in [6, 6.07) is 13.8. The van der Waals surface area contributed by atoms with Crippen molar-refractivity contribution in [2.75, 3.05) is 19.5 Å². The lowest BCUT2D eigenvalue weighted by Crippen LogP contribution is -2.22. The minimum atomic E-state index is -0.0294. The maximum Gasteiger partial charge on any atom is 0.225 e. The van der Waals surface area contributed by atoms with Gasteiger partial charge in [-0.25, -0.2) is 0 Å². The SMILES string of the molecule is COc1ccc(-c2csc3c2NC(=O)CC3c2cc(Br)ccc2OC)cc1. The monoisotopic (exact) mass is 443 g/mol. The van der Waals surface area contributed by atoms with Gasteiger partial charge in [-0.1, -0.05) is 28.1 Å². The summed E-state index contributed by atoms with van der Waals surface area (Å²) in [6.07, 6.45) is 0.405. The molecule has 0 radical (unpaired) electrons. The van der Waals surface area contributed by atoms with Gasteiger partial charge in [0.25, 0.3) is 0 Å². The maximum absolute atomic E-state index is 12.5. The van der Waals surface area contributed by atoms with E-state index in [-0.39, 0.29) is 11.8 Å². The van der Waals surface area contributed by atoms with Crippen LogP contribution in [-0.2, 0) is 4.79 Å². The van der Waals surface area contributed by atoms with E-state index < -0.39 is 0 Å². The van der Waals surface area contributed by atoms with Crippen LogP contribution in [-0.4, -0.2) is 20.1 Å². The summed E-state index contributed by atoms with van der Waals surface area (Å²) < 4.78 is 11.8. The third-order valence-corrected chi connectivity index (χ3v) is 6.35. The fraction of sp³-hybridized carbons (Fsp3) is 0.190. The first kappa shape index (κ1) is 18.1. The largest absolute Gasteiger partial charge is 0.497 e. The van der Waals surface area contributed by atoms with E-state index >= 15 is 0 Å². The molecule has 0 bridgehead atoms. The molecular formula is C21H18BrNO3S. The summed E-state index contributed by atoms with van der Waals surface area (Å²) in [5, 5.41) is 5.18. The van der Waals surface area contributed by atoms with Gasteiger partial charge in [-0.3, -0.25) is 4.79 Å². The molecule has 1 aromatic heterocycles. The fourth-order valence-corrected chi connectivity index (χ4v) is 4.97. The molecule has 2 aromatic carbocycles. The topological polar surface area (TPSA) is 47.6 Å². The Bertz CT molecular complexity index is 997. The van der Waals surface area contributed by atoms with Crippen molar-refractivity contribution in [3.05, 3.63) is 62.8 Å². The van der Waals surface area contributed by atoms with Gasteiger partial charge < -0.3 is 14.8 Å². The molecule has 3 aromatic rings. The lowest BCUT2D eigenvalue weighted by atomic mass is 9.88. The van der Waals surface area contributed by atoms with Crippen LogP contribution in [0.15, 0.2) is 52.3 Å². The molecule has 1 amide bonds. The zero-order valence-corrected chi connectivity index (χ0v) is 17.3. The second kappa shape index (κ2) is 7.37. The first-order valence-corrected chi connectivity index (χ1v) is 10.2. The quantitative estimate of drug-likeness (QED) is 0.564. The lowest BCUT2D eigenvalue weighted by Gasteiger charge is -2.25. The third-order valence-electron chi connectivity index (χ3n) is 4.76. The van der Waals surface area contributed by atoms with Crippen LogP contribution in [0, 0.1) is 0 Å². The number of amides is 1. The predicted molar refractivity (Wildman–Crippen MR) is 112 cm³/mol. The van der Waals surface area contributed by atoms with Crippen molar-refractivity contribution < 1.29 is 14.3 Å².